The van der Waals surface area contributed by atoms with Crippen molar-refractivity contribution in [3.63, 3.8) is 0 Å². The molecule has 1 atom stereocenters. The second-order valence-corrected chi connectivity index (χ2v) is 17.5. The number of nitrogens with zero attached hydrogens (tertiary/aromatic N) is 7. The number of nitrogens with one attached hydrogen (secondary N) is 3. The summed E-state index contributed by atoms with van der Waals surface area (Å²) in [5.74, 6) is 3.17. The molecule has 3 aromatic carbocycles. The molecule has 2 aromatic heterocycles. The van der Waals surface area contributed by atoms with Gasteiger partial charge < -0.3 is 25.0 Å². The summed E-state index contributed by atoms with van der Waals surface area (Å²) in [4.78, 5) is 52.4. The maximum Gasteiger partial charge on any atom is 0.329 e. The smallest absolute Gasteiger partial charge is 0.329 e. The number of rotatable bonds is 21. The Balaban J connectivity index is 0.728. The fraction of sp³-hybridized carbons (Fsp3) is 0.489. The maximum absolute atomic E-state index is 13.1. The number of piperazine rings is 1. The van der Waals surface area contributed by atoms with E-state index in [0.29, 0.717) is 29.7 Å². The van der Waals surface area contributed by atoms with Crippen LogP contribution in [0.5, 0.6) is 11.5 Å². The van der Waals surface area contributed by atoms with Crippen LogP contribution in [0.3, 0.4) is 0 Å². The van der Waals surface area contributed by atoms with Gasteiger partial charge in [0.05, 0.1) is 37.3 Å². The lowest BCUT2D eigenvalue weighted by Gasteiger charge is -2.34. The summed E-state index contributed by atoms with van der Waals surface area (Å²) in [6.45, 7) is 9.55. The second kappa shape index (κ2) is 21.7. The zero-order chi connectivity index (χ0) is 44.3. The molecule has 0 unspecified atom stereocenters. The first kappa shape index (κ1) is 45.5. The Kier molecular flexibility index (Phi) is 15.7. The lowest BCUT2D eigenvalue weighted by Crippen LogP contribution is -2.50. The maximum atomic E-state index is 13.1. The van der Waals surface area contributed by atoms with Gasteiger partial charge in [-0.05, 0) is 75.2 Å². The number of amides is 4. The van der Waals surface area contributed by atoms with Crippen molar-refractivity contribution in [3.8, 4) is 11.5 Å². The SMILES string of the molecule is COc1cc2c(N[C@H](C)c3cccc(Br)c3)nc(C)nc2cc1OCCCCCCCCCCCN1CCN(C(=O)CNc2ccc3c(N4CCC(=O)NC4=O)nn(C)c3c2)CC1. The van der Waals surface area contributed by atoms with Gasteiger partial charge in [0.15, 0.2) is 17.3 Å². The third kappa shape index (κ3) is 12.0. The minimum atomic E-state index is -0.463. The van der Waals surface area contributed by atoms with Gasteiger partial charge in [-0.1, -0.05) is 73.0 Å². The van der Waals surface area contributed by atoms with E-state index in [-0.39, 0.29) is 37.4 Å². The molecule has 2 aliphatic heterocycles. The molecule has 2 aliphatic rings. The Morgan fingerprint density at radius 3 is 2.35 bits per heavy atom. The van der Waals surface area contributed by atoms with Gasteiger partial charge in [0.1, 0.15) is 11.6 Å². The molecule has 2 fully saturated rings. The summed E-state index contributed by atoms with van der Waals surface area (Å²) in [7, 11) is 3.49. The number of aryl methyl sites for hydroxylation is 2. The Morgan fingerprint density at radius 2 is 1.62 bits per heavy atom. The average molecular weight is 926 g/mol. The highest BCUT2D eigenvalue weighted by atomic mass is 79.9. The van der Waals surface area contributed by atoms with Crippen molar-refractivity contribution in [2.45, 2.75) is 84.1 Å². The Hall–Kier alpha value is -5.48. The highest BCUT2D eigenvalue weighted by Gasteiger charge is 2.28. The molecule has 3 N–H and O–H groups in total. The van der Waals surface area contributed by atoms with E-state index in [9.17, 15) is 14.4 Å². The van der Waals surface area contributed by atoms with E-state index in [1.807, 2.05) is 61.3 Å². The van der Waals surface area contributed by atoms with Crippen LogP contribution < -0.4 is 30.3 Å². The predicted octanol–water partition coefficient (Wildman–Crippen LogP) is 8.36. The number of ether oxygens (including phenoxy) is 2. The van der Waals surface area contributed by atoms with Crippen molar-refractivity contribution in [1.82, 2.24) is 34.9 Å². The van der Waals surface area contributed by atoms with Gasteiger partial charge in [-0.3, -0.25) is 29.4 Å². The van der Waals surface area contributed by atoms with Crippen LogP contribution >= 0.6 is 15.9 Å². The Labute approximate surface area is 378 Å². The van der Waals surface area contributed by atoms with Crippen molar-refractivity contribution in [2.75, 3.05) is 75.1 Å². The van der Waals surface area contributed by atoms with Crippen LogP contribution in [0.15, 0.2) is 59.1 Å². The van der Waals surface area contributed by atoms with Gasteiger partial charge >= 0.3 is 6.03 Å². The number of benzene rings is 3. The Morgan fingerprint density at radius 1 is 0.873 bits per heavy atom. The number of hydrogen-bond acceptors (Lipinski definition) is 11. The molecule has 336 valence electrons. The minimum absolute atomic E-state index is 0.0483. The van der Waals surface area contributed by atoms with Crippen molar-refractivity contribution in [2.24, 2.45) is 7.05 Å². The summed E-state index contributed by atoms with van der Waals surface area (Å²) < 4.78 is 14.7. The van der Waals surface area contributed by atoms with Crippen molar-refractivity contribution < 1.29 is 23.9 Å². The van der Waals surface area contributed by atoms with E-state index in [1.165, 1.54) is 49.8 Å². The highest BCUT2D eigenvalue weighted by Crippen LogP contribution is 2.36. The molecule has 16 heteroatoms. The van der Waals surface area contributed by atoms with E-state index in [2.05, 4.69) is 60.9 Å². The van der Waals surface area contributed by atoms with Gasteiger partial charge in [-0.2, -0.15) is 5.10 Å². The van der Waals surface area contributed by atoms with E-state index in [0.717, 1.165) is 88.9 Å². The van der Waals surface area contributed by atoms with E-state index < -0.39 is 6.03 Å². The quantitative estimate of drug-likeness (QED) is 0.0608. The summed E-state index contributed by atoms with van der Waals surface area (Å²) in [6.07, 6.45) is 11.1. The topological polar surface area (TPSA) is 159 Å². The van der Waals surface area contributed by atoms with Crippen molar-refractivity contribution in [3.05, 3.63) is 70.5 Å². The van der Waals surface area contributed by atoms with Gasteiger partial charge in [0, 0.05) is 73.2 Å². The molecular formula is C47H61BrN10O5. The summed E-state index contributed by atoms with van der Waals surface area (Å²) in [6, 6.07) is 17.5. The molecule has 0 saturated carbocycles. The molecular weight excluding hydrogens is 864 g/mol. The summed E-state index contributed by atoms with van der Waals surface area (Å²) >= 11 is 3.57. The first-order valence-electron chi connectivity index (χ1n) is 22.4. The normalized spacial score (nSPS) is 15.2. The molecule has 2 saturated heterocycles. The second-order valence-electron chi connectivity index (χ2n) is 16.6. The zero-order valence-electron chi connectivity index (χ0n) is 37.1. The molecule has 0 aliphatic carbocycles. The molecule has 0 spiro atoms. The Bertz CT molecular complexity index is 2380. The minimum Gasteiger partial charge on any atom is -0.493 e. The van der Waals surface area contributed by atoms with Crippen LogP contribution in [0.4, 0.5) is 22.1 Å². The number of hydrogen-bond donors (Lipinski definition) is 3. The molecule has 0 bridgehead atoms. The van der Waals surface area contributed by atoms with E-state index in [4.69, 9.17) is 19.4 Å². The lowest BCUT2D eigenvalue weighted by molar-refractivity contribution is -0.131. The summed E-state index contributed by atoms with van der Waals surface area (Å²) in [5.41, 5.74) is 3.62. The third-order valence-corrected chi connectivity index (χ3v) is 12.5. The van der Waals surface area contributed by atoms with Crippen LogP contribution in [0.1, 0.15) is 88.6 Å². The van der Waals surface area contributed by atoms with Gasteiger partial charge in [0.2, 0.25) is 11.8 Å². The molecule has 15 nitrogen and oxygen atoms in total. The fourth-order valence-electron chi connectivity index (χ4n) is 8.38. The number of fused-ring (bicyclic) bond motifs is 2. The van der Waals surface area contributed by atoms with Gasteiger partial charge in [-0.15, -0.1) is 0 Å². The highest BCUT2D eigenvalue weighted by molar-refractivity contribution is 9.10. The number of imide groups is 1. The van der Waals surface area contributed by atoms with Crippen LogP contribution in [0.2, 0.25) is 0 Å². The molecule has 5 aromatic rings. The van der Waals surface area contributed by atoms with Crippen LogP contribution in [0, 0.1) is 6.92 Å². The molecule has 4 heterocycles. The third-order valence-electron chi connectivity index (χ3n) is 12.0. The molecule has 7 rings (SSSR count). The monoisotopic (exact) mass is 924 g/mol. The average Bonchev–Trinajstić information content (AvgIpc) is 3.60. The van der Waals surface area contributed by atoms with Crippen LogP contribution in [-0.4, -0.2) is 107 Å². The number of methoxy groups -OCH3 is 1. The number of halogens is 1. The van der Waals surface area contributed by atoms with Gasteiger partial charge in [-0.25, -0.2) is 14.8 Å². The molecule has 4 amide bonds. The predicted molar refractivity (Wildman–Crippen MR) is 252 cm³/mol. The molecule has 0 radical (unpaired) electrons. The number of carbonyl (C=O) groups is 3. The van der Waals surface area contributed by atoms with Crippen LogP contribution in [0.25, 0.3) is 21.8 Å². The van der Waals surface area contributed by atoms with Crippen molar-refractivity contribution in [1.29, 1.82) is 0 Å². The lowest BCUT2D eigenvalue weighted by atomic mass is 10.1. The number of carbonyl (C=O) groups excluding carboxylic acids is 3. The number of aromatic nitrogens is 4. The fourth-order valence-corrected chi connectivity index (χ4v) is 8.80. The van der Waals surface area contributed by atoms with Crippen molar-refractivity contribution >= 4 is 72.9 Å². The van der Waals surface area contributed by atoms with E-state index >= 15 is 0 Å². The first-order chi connectivity index (χ1) is 30.6. The number of urea groups is 1. The van der Waals surface area contributed by atoms with Gasteiger partial charge in [0.25, 0.3) is 0 Å². The van der Waals surface area contributed by atoms with Crippen LogP contribution in [-0.2, 0) is 16.6 Å². The standard InChI is InChI=1S/C47H61BrN10O5/c1-32(34-15-14-16-35(48)27-34)50-45-38-29-41(62-4)42(30-39(38)51-33(2)52-45)63-26-13-11-9-7-5-6-8-10-12-20-56-22-24-57(25-23-56)44(60)31-49-36-17-18-37-40(28-36)55(3)54-46(37)58-21-19-43(59)53-47(58)61/h14-18,27-30,32,49H,5-13,19-26,31H2,1-4H3,(H,50,51,52)(H,53,59,61)/t32-/m1/s1. The first-order valence-corrected chi connectivity index (χ1v) is 23.2. The largest absolute Gasteiger partial charge is 0.493 e. The number of unbranched alkanes of at least 4 members (excludes halogenated alkanes) is 8. The molecule has 63 heavy (non-hydrogen) atoms. The number of anilines is 3. The summed E-state index contributed by atoms with van der Waals surface area (Å²) in [5, 5.41) is 15.4. The van der Waals surface area contributed by atoms with E-state index in [1.54, 1.807) is 11.8 Å². The zero-order valence-corrected chi connectivity index (χ0v) is 38.6.